The number of halogens is 2. The fraction of sp³-hybridized carbons (Fsp3) is 0.250. The molecule has 0 atom stereocenters. The molecule has 0 radical (unpaired) electrons. The van der Waals surface area contributed by atoms with E-state index in [2.05, 4.69) is 15.9 Å². The molecule has 0 unspecified atom stereocenters. The smallest absolute Gasteiger partial charge is 0.120 e. The molecule has 0 bridgehead atoms. The van der Waals surface area contributed by atoms with E-state index in [0.717, 1.165) is 37.7 Å². The normalized spacial score (nSPS) is 10.4. The molecule has 106 valence electrons. The Kier molecular flexibility index (Phi) is 4.95. The Bertz CT molecular complexity index is 603. The van der Waals surface area contributed by atoms with Crippen molar-refractivity contribution >= 4 is 27.5 Å². The van der Waals surface area contributed by atoms with E-state index in [1.807, 2.05) is 44.2 Å². The minimum absolute atomic E-state index is 0.471. The zero-order valence-electron chi connectivity index (χ0n) is 11.7. The monoisotopic (exact) mass is 354 g/mol. The molecule has 2 rings (SSSR count). The van der Waals surface area contributed by atoms with Crippen LogP contribution in [0.3, 0.4) is 0 Å². The lowest BCUT2D eigenvalue weighted by atomic mass is 10.1. The molecule has 0 aliphatic carbocycles. The van der Waals surface area contributed by atoms with E-state index in [9.17, 15) is 0 Å². The van der Waals surface area contributed by atoms with Crippen molar-refractivity contribution in [2.24, 2.45) is 0 Å². The highest BCUT2D eigenvalue weighted by atomic mass is 79.9. The third-order valence-corrected chi connectivity index (χ3v) is 4.43. The van der Waals surface area contributed by atoms with Crippen LogP contribution in [-0.2, 0) is 6.61 Å². The lowest BCUT2D eigenvalue weighted by Crippen LogP contribution is -1.98. The van der Waals surface area contributed by atoms with Crippen LogP contribution in [0.2, 0.25) is 5.02 Å². The van der Waals surface area contributed by atoms with E-state index in [-0.39, 0.29) is 0 Å². The third kappa shape index (κ3) is 3.47. The van der Waals surface area contributed by atoms with E-state index in [1.165, 1.54) is 0 Å². The minimum Gasteiger partial charge on any atom is -0.497 e. The maximum atomic E-state index is 6.15. The Morgan fingerprint density at radius 1 is 1.05 bits per heavy atom. The predicted octanol–water partition coefficient (Wildman–Crippen LogP) is 5.31. The molecule has 2 nitrogen and oxygen atoms in total. The summed E-state index contributed by atoms with van der Waals surface area (Å²) in [7, 11) is 1.65. The zero-order chi connectivity index (χ0) is 14.7. The SMILES string of the molecule is COc1ccc(Br)c(COc2cc(C)c(Cl)c(C)c2)c1. The van der Waals surface area contributed by atoms with Crippen molar-refractivity contribution < 1.29 is 9.47 Å². The molecule has 0 saturated carbocycles. The van der Waals surface area contributed by atoms with E-state index < -0.39 is 0 Å². The summed E-state index contributed by atoms with van der Waals surface area (Å²) in [5.74, 6) is 1.63. The van der Waals surface area contributed by atoms with Crippen molar-refractivity contribution in [3.8, 4) is 11.5 Å². The Labute approximate surface area is 132 Å². The molecular formula is C16H16BrClO2. The molecule has 0 aromatic heterocycles. The zero-order valence-corrected chi connectivity index (χ0v) is 14.0. The third-order valence-electron chi connectivity index (χ3n) is 3.06. The van der Waals surface area contributed by atoms with Crippen LogP contribution in [0.5, 0.6) is 11.5 Å². The summed E-state index contributed by atoms with van der Waals surface area (Å²) in [5.41, 5.74) is 3.08. The molecule has 4 heteroatoms. The number of ether oxygens (including phenoxy) is 2. The number of aryl methyl sites for hydroxylation is 2. The summed E-state index contributed by atoms with van der Waals surface area (Å²) >= 11 is 9.67. The van der Waals surface area contributed by atoms with Gasteiger partial charge >= 0.3 is 0 Å². The van der Waals surface area contributed by atoms with Gasteiger partial charge in [-0.1, -0.05) is 27.5 Å². The number of rotatable bonds is 4. The summed E-state index contributed by atoms with van der Waals surface area (Å²) in [4.78, 5) is 0. The van der Waals surface area contributed by atoms with Gasteiger partial charge in [0.25, 0.3) is 0 Å². The highest BCUT2D eigenvalue weighted by molar-refractivity contribution is 9.10. The Morgan fingerprint density at radius 3 is 2.30 bits per heavy atom. The van der Waals surface area contributed by atoms with Gasteiger partial charge in [0.2, 0.25) is 0 Å². The molecule has 0 heterocycles. The fourth-order valence-corrected chi connectivity index (χ4v) is 2.41. The van der Waals surface area contributed by atoms with E-state index in [1.54, 1.807) is 7.11 Å². The van der Waals surface area contributed by atoms with Crippen molar-refractivity contribution in [2.75, 3.05) is 7.11 Å². The van der Waals surface area contributed by atoms with Gasteiger partial charge in [-0.2, -0.15) is 0 Å². The maximum Gasteiger partial charge on any atom is 0.120 e. The fourth-order valence-electron chi connectivity index (χ4n) is 1.94. The molecule has 0 aliphatic rings. The second-order valence-corrected chi connectivity index (χ2v) is 5.85. The second kappa shape index (κ2) is 6.51. The Balaban J connectivity index is 2.16. The Hall–Kier alpha value is -1.19. The van der Waals surface area contributed by atoms with Gasteiger partial charge in [0, 0.05) is 15.1 Å². The molecule has 2 aromatic rings. The topological polar surface area (TPSA) is 18.5 Å². The standard InChI is InChI=1S/C16H16BrClO2/c1-10-6-14(7-11(2)16(10)18)20-9-12-8-13(19-3)4-5-15(12)17/h4-8H,9H2,1-3H3. The molecular weight excluding hydrogens is 340 g/mol. The maximum absolute atomic E-state index is 6.15. The molecule has 0 fully saturated rings. The van der Waals surface area contributed by atoms with Crippen molar-refractivity contribution in [3.63, 3.8) is 0 Å². The van der Waals surface area contributed by atoms with Crippen LogP contribution in [0.25, 0.3) is 0 Å². The number of hydrogen-bond donors (Lipinski definition) is 0. The van der Waals surface area contributed by atoms with Gasteiger partial charge in [0.15, 0.2) is 0 Å². The van der Waals surface area contributed by atoms with Crippen molar-refractivity contribution in [2.45, 2.75) is 20.5 Å². The molecule has 0 saturated heterocycles. The minimum atomic E-state index is 0.471. The first kappa shape index (κ1) is 15.2. The average molecular weight is 356 g/mol. The van der Waals surface area contributed by atoms with Crippen LogP contribution in [0.15, 0.2) is 34.8 Å². The van der Waals surface area contributed by atoms with Crippen LogP contribution in [0, 0.1) is 13.8 Å². The summed E-state index contributed by atoms with van der Waals surface area (Å²) in [6.07, 6.45) is 0. The van der Waals surface area contributed by atoms with Crippen LogP contribution < -0.4 is 9.47 Å². The summed E-state index contributed by atoms with van der Waals surface area (Å²) in [6, 6.07) is 9.71. The number of hydrogen-bond acceptors (Lipinski definition) is 2. The van der Waals surface area contributed by atoms with Gasteiger partial charge in [-0.25, -0.2) is 0 Å². The van der Waals surface area contributed by atoms with Gasteiger partial charge in [0.05, 0.1) is 7.11 Å². The highest BCUT2D eigenvalue weighted by Gasteiger charge is 2.06. The first-order valence-corrected chi connectivity index (χ1v) is 7.40. The highest BCUT2D eigenvalue weighted by Crippen LogP contribution is 2.28. The lowest BCUT2D eigenvalue weighted by Gasteiger charge is -2.12. The number of methoxy groups -OCH3 is 1. The number of benzene rings is 2. The first-order valence-electron chi connectivity index (χ1n) is 6.23. The van der Waals surface area contributed by atoms with Crippen molar-refractivity contribution in [1.82, 2.24) is 0 Å². The predicted molar refractivity (Wildman–Crippen MR) is 86.0 cm³/mol. The van der Waals surface area contributed by atoms with Gasteiger partial charge in [-0.05, 0) is 55.3 Å². The van der Waals surface area contributed by atoms with Gasteiger partial charge in [-0.15, -0.1) is 0 Å². The molecule has 0 N–H and O–H groups in total. The largest absolute Gasteiger partial charge is 0.497 e. The van der Waals surface area contributed by atoms with Gasteiger partial charge < -0.3 is 9.47 Å². The van der Waals surface area contributed by atoms with E-state index in [4.69, 9.17) is 21.1 Å². The molecule has 0 aliphatic heterocycles. The summed E-state index contributed by atoms with van der Waals surface area (Å²) < 4.78 is 12.1. The first-order chi connectivity index (χ1) is 9.51. The summed E-state index contributed by atoms with van der Waals surface area (Å²) in [6.45, 7) is 4.42. The van der Waals surface area contributed by atoms with E-state index in [0.29, 0.717) is 6.61 Å². The lowest BCUT2D eigenvalue weighted by molar-refractivity contribution is 0.304. The quantitative estimate of drug-likeness (QED) is 0.740. The molecule has 20 heavy (non-hydrogen) atoms. The van der Waals surface area contributed by atoms with Crippen molar-refractivity contribution in [1.29, 1.82) is 0 Å². The summed E-state index contributed by atoms with van der Waals surface area (Å²) in [5, 5.41) is 0.792. The average Bonchev–Trinajstić information content (AvgIpc) is 2.43. The van der Waals surface area contributed by atoms with Crippen LogP contribution in [0.4, 0.5) is 0 Å². The molecule has 0 spiro atoms. The Morgan fingerprint density at radius 2 is 1.70 bits per heavy atom. The van der Waals surface area contributed by atoms with Gasteiger partial charge in [0.1, 0.15) is 18.1 Å². The van der Waals surface area contributed by atoms with Crippen LogP contribution >= 0.6 is 27.5 Å². The molecule has 0 amide bonds. The second-order valence-electron chi connectivity index (χ2n) is 4.62. The van der Waals surface area contributed by atoms with Gasteiger partial charge in [-0.3, -0.25) is 0 Å². The van der Waals surface area contributed by atoms with Crippen LogP contribution in [0.1, 0.15) is 16.7 Å². The van der Waals surface area contributed by atoms with Crippen molar-refractivity contribution in [3.05, 3.63) is 56.5 Å². The van der Waals surface area contributed by atoms with Crippen LogP contribution in [-0.4, -0.2) is 7.11 Å². The van der Waals surface area contributed by atoms with E-state index >= 15 is 0 Å². The molecule has 2 aromatic carbocycles.